The van der Waals surface area contributed by atoms with E-state index in [4.69, 9.17) is 23.2 Å². The summed E-state index contributed by atoms with van der Waals surface area (Å²) in [6.45, 7) is 6.17. The predicted octanol–water partition coefficient (Wildman–Crippen LogP) is 4.66. The third-order valence-electron chi connectivity index (χ3n) is 3.96. The number of halogens is 3. The zero-order valence-electron chi connectivity index (χ0n) is 14.9. The van der Waals surface area contributed by atoms with Crippen LogP contribution in [-0.4, -0.2) is 34.1 Å². The summed E-state index contributed by atoms with van der Waals surface area (Å²) in [4.78, 5) is 12.5. The Kier molecular flexibility index (Phi) is 6.59. The molecule has 1 fully saturated rings. The maximum atomic E-state index is 13.8. The molecule has 1 aliphatic rings. The molecule has 0 aliphatic heterocycles. The Balaban J connectivity index is 2.39. The van der Waals surface area contributed by atoms with E-state index in [9.17, 15) is 17.6 Å². The van der Waals surface area contributed by atoms with Gasteiger partial charge in [-0.15, -0.1) is 0 Å². The highest BCUT2D eigenvalue weighted by atomic mass is 35.5. The predicted molar refractivity (Wildman–Crippen MR) is 107 cm³/mol. The SMILES string of the molecule is C[Si](C)(C)CCS(=O)(=O)C(=CNC1CC1)C(=O)c1cc(F)c(Cl)cc1Cl. The first-order valence-corrected chi connectivity index (χ1v) is 14.4. The van der Waals surface area contributed by atoms with E-state index < -0.39 is 29.5 Å². The molecular formula is C17H22Cl2FNO3SSi. The summed E-state index contributed by atoms with van der Waals surface area (Å²) in [5.74, 6) is -1.77. The lowest BCUT2D eigenvalue weighted by molar-refractivity contribution is 0.104. The van der Waals surface area contributed by atoms with Crippen molar-refractivity contribution in [3.05, 3.63) is 44.7 Å². The smallest absolute Gasteiger partial charge is 0.207 e. The number of ketones is 1. The summed E-state index contributed by atoms with van der Waals surface area (Å²) >= 11 is 11.7. The van der Waals surface area contributed by atoms with Gasteiger partial charge in [-0.1, -0.05) is 42.8 Å². The van der Waals surface area contributed by atoms with Gasteiger partial charge in [-0.05, 0) is 31.0 Å². The number of nitrogens with one attached hydrogen (secondary N) is 1. The molecule has 2 rings (SSSR count). The van der Waals surface area contributed by atoms with E-state index in [2.05, 4.69) is 25.0 Å². The molecule has 26 heavy (non-hydrogen) atoms. The van der Waals surface area contributed by atoms with Crippen LogP contribution in [0.2, 0.25) is 35.7 Å². The first-order chi connectivity index (χ1) is 11.9. The lowest BCUT2D eigenvalue weighted by Gasteiger charge is -2.17. The highest BCUT2D eigenvalue weighted by Gasteiger charge is 2.31. The number of hydrogen-bond acceptors (Lipinski definition) is 4. The maximum Gasteiger partial charge on any atom is 0.207 e. The third-order valence-corrected chi connectivity index (χ3v) is 8.39. The number of carbonyl (C=O) groups excluding carboxylic acids is 1. The van der Waals surface area contributed by atoms with Gasteiger partial charge in [0.1, 0.15) is 10.7 Å². The van der Waals surface area contributed by atoms with Gasteiger partial charge in [0, 0.05) is 25.9 Å². The van der Waals surface area contributed by atoms with Gasteiger partial charge in [-0.25, -0.2) is 12.8 Å². The molecule has 4 nitrogen and oxygen atoms in total. The average Bonchev–Trinajstić information content (AvgIpc) is 3.32. The molecular weight excluding hydrogens is 416 g/mol. The second-order valence-electron chi connectivity index (χ2n) is 7.65. The van der Waals surface area contributed by atoms with Gasteiger partial charge >= 0.3 is 0 Å². The van der Waals surface area contributed by atoms with Crippen molar-refractivity contribution in [2.24, 2.45) is 0 Å². The van der Waals surface area contributed by atoms with Crippen LogP contribution in [0.3, 0.4) is 0 Å². The Morgan fingerprint density at radius 3 is 2.42 bits per heavy atom. The number of allylic oxidation sites excluding steroid dienone is 1. The normalized spacial score (nSPS) is 15.8. The van der Waals surface area contributed by atoms with E-state index in [1.165, 1.54) is 6.20 Å². The van der Waals surface area contributed by atoms with Crippen molar-refractivity contribution < 1.29 is 17.6 Å². The average molecular weight is 438 g/mol. The van der Waals surface area contributed by atoms with Crippen molar-refractivity contribution >= 4 is 46.9 Å². The largest absolute Gasteiger partial charge is 0.387 e. The summed E-state index contributed by atoms with van der Waals surface area (Å²) < 4.78 is 39.4. The minimum Gasteiger partial charge on any atom is -0.387 e. The third kappa shape index (κ3) is 5.80. The second-order valence-corrected chi connectivity index (χ2v) is 16.2. The molecule has 1 aliphatic carbocycles. The van der Waals surface area contributed by atoms with Gasteiger partial charge < -0.3 is 5.32 Å². The van der Waals surface area contributed by atoms with E-state index in [1.807, 2.05) is 0 Å². The van der Waals surface area contributed by atoms with Crippen LogP contribution in [0.5, 0.6) is 0 Å². The van der Waals surface area contributed by atoms with Crippen molar-refractivity contribution in [3.63, 3.8) is 0 Å². The zero-order valence-corrected chi connectivity index (χ0v) is 18.2. The number of hydrogen-bond donors (Lipinski definition) is 1. The highest BCUT2D eigenvalue weighted by Crippen LogP contribution is 2.28. The van der Waals surface area contributed by atoms with E-state index in [0.29, 0.717) is 6.04 Å². The van der Waals surface area contributed by atoms with Gasteiger partial charge in [-0.2, -0.15) is 0 Å². The molecule has 9 heteroatoms. The van der Waals surface area contributed by atoms with Gasteiger partial charge in [0.2, 0.25) is 5.78 Å². The van der Waals surface area contributed by atoms with Crippen LogP contribution in [0.1, 0.15) is 23.2 Å². The van der Waals surface area contributed by atoms with E-state index in [-0.39, 0.29) is 32.3 Å². The molecule has 144 valence electrons. The van der Waals surface area contributed by atoms with Gasteiger partial charge in [0.15, 0.2) is 9.84 Å². The molecule has 0 unspecified atom stereocenters. The van der Waals surface area contributed by atoms with Crippen molar-refractivity contribution in [1.82, 2.24) is 5.32 Å². The molecule has 0 atom stereocenters. The molecule has 0 spiro atoms. The second kappa shape index (κ2) is 8.00. The number of Topliss-reactive ketones (excluding diaryl/α,β-unsaturated/α-hetero) is 1. The lowest BCUT2D eigenvalue weighted by Crippen LogP contribution is -2.27. The Morgan fingerprint density at radius 1 is 1.27 bits per heavy atom. The van der Waals surface area contributed by atoms with Gasteiger partial charge in [-0.3, -0.25) is 4.79 Å². The standard InChI is InChI=1S/C17H22Cl2FNO3SSi/c1-26(2,3)7-6-25(23,24)16(10-21-11-4-5-11)17(22)12-8-15(20)14(19)9-13(12)18/h8-11,21H,4-7H2,1-3H3. The molecule has 1 aromatic carbocycles. The number of benzene rings is 1. The van der Waals surface area contributed by atoms with Crippen molar-refractivity contribution in [1.29, 1.82) is 0 Å². The van der Waals surface area contributed by atoms with Crippen LogP contribution in [0.15, 0.2) is 23.2 Å². The summed E-state index contributed by atoms with van der Waals surface area (Å²) in [5, 5.41) is 2.63. The fourth-order valence-electron chi connectivity index (χ4n) is 2.12. The molecule has 0 bridgehead atoms. The molecule has 0 heterocycles. The lowest BCUT2D eigenvalue weighted by atomic mass is 10.1. The molecule has 1 aromatic rings. The monoisotopic (exact) mass is 437 g/mol. The highest BCUT2D eigenvalue weighted by molar-refractivity contribution is 7.96. The summed E-state index contributed by atoms with van der Waals surface area (Å²) in [6, 6.07) is 2.67. The Bertz CT molecular complexity index is 846. The van der Waals surface area contributed by atoms with Gasteiger partial charge in [0.25, 0.3) is 0 Å². The van der Waals surface area contributed by atoms with Crippen molar-refractivity contribution in [3.8, 4) is 0 Å². The Morgan fingerprint density at radius 2 is 1.88 bits per heavy atom. The van der Waals surface area contributed by atoms with E-state index >= 15 is 0 Å². The minimum atomic E-state index is -3.84. The van der Waals surface area contributed by atoms with Crippen molar-refractivity contribution in [2.75, 3.05) is 5.75 Å². The number of rotatable bonds is 8. The summed E-state index contributed by atoms with van der Waals surface area (Å²) in [6.07, 6.45) is 3.08. The Labute approximate surface area is 164 Å². The van der Waals surface area contributed by atoms with Crippen LogP contribution in [0.25, 0.3) is 0 Å². The summed E-state index contributed by atoms with van der Waals surface area (Å²) in [5.41, 5.74) is -0.214. The van der Waals surface area contributed by atoms with Crippen LogP contribution in [0, 0.1) is 5.82 Å². The fourth-order valence-corrected chi connectivity index (χ4v) is 6.97. The van der Waals surface area contributed by atoms with Crippen LogP contribution < -0.4 is 5.32 Å². The molecule has 1 N–H and O–H groups in total. The van der Waals surface area contributed by atoms with Crippen LogP contribution >= 0.6 is 23.2 Å². The quantitative estimate of drug-likeness (QED) is 0.278. The molecule has 1 saturated carbocycles. The van der Waals surface area contributed by atoms with E-state index in [1.54, 1.807) is 0 Å². The van der Waals surface area contributed by atoms with E-state index in [0.717, 1.165) is 25.0 Å². The first-order valence-electron chi connectivity index (χ1n) is 8.29. The number of carbonyl (C=O) groups is 1. The first kappa shape index (κ1) is 21.4. The molecule has 0 aromatic heterocycles. The summed E-state index contributed by atoms with van der Waals surface area (Å²) in [7, 11) is -5.47. The Hall–Kier alpha value is -0.893. The van der Waals surface area contributed by atoms with Crippen LogP contribution in [-0.2, 0) is 9.84 Å². The topological polar surface area (TPSA) is 63.2 Å². The molecule has 0 amide bonds. The zero-order chi connectivity index (χ0) is 19.7. The molecule has 0 radical (unpaired) electrons. The fraction of sp³-hybridized carbons (Fsp3) is 0.471. The van der Waals surface area contributed by atoms with Gasteiger partial charge in [0.05, 0.1) is 15.8 Å². The minimum absolute atomic E-state index is 0.0841. The molecule has 0 saturated heterocycles. The maximum absolute atomic E-state index is 13.8. The van der Waals surface area contributed by atoms with Crippen LogP contribution in [0.4, 0.5) is 4.39 Å². The van der Waals surface area contributed by atoms with Crippen molar-refractivity contribution in [2.45, 2.75) is 44.6 Å². The number of sulfone groups is 1.